The van der Waals surface area contributed by atoms with E-state index in [1.807, 2.05) is 24.3 Å². The van der Waals surface area contributed by atoms with Crippen LogP contribution in [0.1, 0.15) is 47.1 Å². The molecule has 1 aliphatic carbocycles. The number of aromatic nitrogens is 1. The topological polar surface area (TPSA) is 54.5 Å². The Kier molecular flexibility index (Phi) is 5.74. The molecule has 0 radical (unpaired) electrons. The van der Waals surface area contributed by atoms with Gasteiger partial charge < -0.3 is 9.64 Å². The average molecular weight is 386 g/mol. The molecule has 2 heterocycles. The number of aryl methyl sites for hydroxylation is 1. The van der Waals surface area contributed by atoms with Crippen molar-refractivity contribution in [3.8, 4) is 0 Å². The smallest absolute Gasteiger partial charge is 0.259 e. The molecular formula is C21H27N3O2S. The second-order valence-electron chi connectivity index (χ2n) is 7.36. The Morgan fingerprint density at radius 3 is 2.96 bits per heavy atom. The molecule has 4 rings (SSSR count). The third-order valence-electron chi connectivity index (χ3n) is 5.46. The van der Waals surface area contributed by atoms with E-state index in [0.717, 1.165) is 42.7 Å². The number of thiazole rings is 1. The van der Waals surface area contributed by atoms with Crippen molar-refractivity contribution in [3.05, 3.63) is 40.4 Å². The fourth-order valence-corrected chi connectivity index (χ4v) is 5.18. The number of carbonyl (C=O) groups excluding carboxylic acids is 1. The lowest BCUT2D eigenvalue weighted by Crippen LogP contribution is -2.37. The van der Waals surface area contributed by atoms with E-state index in [1.165, 1.54) is 29.8 Å². The summed E-state index contributed by atoms with van der Waals surface area (Å²) in [6.45, 7) is 5.28. The molecule has 1 unspecified atom stereocenters. The minimum Gasteiger partial charge on any atom is -0.378 e. The molecule has 144 valence electrons. The fraction of sp³-hybridized carbons (Fsp3) is 0.524. The van der Waals surface area contributed by atoms with Crippen molar-refractivity contribution in [1.82, 2.24) is 4.98 Å². The molecule has 6 heteroatoms. The molecule has 1 aromatic heterocycles. The van der Waals surface area contributed by atoms with E-state index in [-0.39, 0.29) is 5.91 Å². The molecule has 2 aromatic rings. The molecule has 1 aliphatic heterocycles. The maximum Gasteiger partial charge on any atom is 0.259 e. The van der Waals surface area contributed by atoms with Crippen LogP contribution in [0.2, 0.25) is 0 Å². The number of hydrogen-bond donors (Lipinski definition) is 1. The zero-order valence-electron chi connectivity index (χ0n) is 15.9. The van der Waals surface area contributed by atoms with Gasteiger partial charge in [-0.3, -0.25) is 10.1 Å². The van der Waals surface area contributed by atoms with Crippen LogP contribution in [-0.4, -0.2) is 37.2 Å². The second-order valence-corrected chi connectivity index (χ2v) is 8.44. The molecule has 1 atom stereocenters. The Bertz CT molecular complexity index is 798. The van der Waals surface area contributed by atoms with E-state index in [9.17, 15) is 4.79 Å². The molecule has 1 saturated heterocycles. The highest BCUT2D eigenvalue weighted by atomic mass is 32.1. The van der Waals surface area contributed by atoms with Gasteiger partial charge in [0.25, 0.3) is 5.91 Å². The number of nitrogens with one attached hydrogen (secondary N) is 1. The zero-order valence-corrected chi connectivity index (χ0v) is 16.7. The second kappa shape index (κ2) is 8.40. The van der Waals surface area contributed by atoms with Crippen molar-refractivity contribution in [1.29, 1.82) is 0 Å². The molecule has 2 aliphatic rings. The van der Waals surface area contributed by atoms with Gasteiger partial charge in [-0.1, -0.05) is 31.9 Å². The van der Waals surface area contributed by atoms with Gasteiger partial charge >= 0.3 is 0 Å². The van der Waals surface area contributed by atoms with E-state index in [0.29, 0.717) is 18.8 Å². The summed E-state index contributed by atoms with van der Waals surface area (Å²) < 4.78 is 5.44. The zero-order chi connectivity index (χ0) is 18.6. The molecule has 1 amide bonds. The molecular weight excluding hydrogens is 358 g/mol. The standard InChI is InChI=1S/C21H27N3O2S/c1-2-5-15-8-9-17-19(14-15)27-21(22-17)23-20(25)16-6-3-4-7-18(16)24-10-12-26-13-11-24/h3-4,6-7,15H,2,5,8-14H2,1H3,(H,22,23,25). The van der Waals surface area contributed by atoms with Crippen molar-refractivity contribution in [3.63, 3.8) is 0 Å². The quantitative estimate of drug-likeness (QED) is 0.841. The van der Waals surface area contributed by atoms with Crippen LogP contribution in [0.25, 0.3) is 0 Å². The number of ether oxygens (including phenoxy) is 1. The first-order valence-corrected chi connectivity index (χ1v) is 10.8. The lowest BCUT2D eigenvalue weighted by Gasteiger charge is -2.30. The lowest BCUT2D eigenvalue weighted by molar-refractivity contribution is 0.102. The van der Waals surface area contributed by atoms with Gasteiger partial charge in [0.15, 0.2) is 5.13 Å². The Balaban J connectivity index is 1.49. The van der Waals surface area contributed by atoms with Gasteiger partial charge in [-0.05, 0) is 37.3 Å². The van der Waals surface area contributed by atoms with Gasteiger partial charge in [0.2, 0.25) is 0 Å². The molecule has 1 aromatic carbocycles. The number of para-hydroxylation sites is 1. The summed E-state index contributed by atoms with van der Waals surface area (Å²) in [5.74, 6) is 0.696. The number of anilines is 2. The molecule has 0 saturated carbocycles. The molecule has 5 nitrogen and oxygen atoms in total. The SMILES string of the molecule is CCCC1CCc2nc(NC(=O)c3ccccc3N3CCOCC3)sc2C1. The molecule has 1 fully saturated rings. The Labute approximate surface area is 164 Å². The fourth-order valence-electron chi connectivity index (χ4n) is 4.06. The summed E-state index contributed by atoms with van der Waals surface area (Å²) >= 11 is 1.65. The predicted octanol–water partition coefficient (Wildman–Crippen LogP) is 4.14. The van der Waals surface area contributed by atoms with Crippen molar-refractivity contribution >= 4 is 28.1 Å². The van der Waals surface area contributed by atoms with Gasteiger partial charge in [0.1, 0.15) is 0 Å². The minimum atomic E-state index is -0.0757. The highest BCUT2D eigenvalue weighted by Gasteiger charge is 2.24. The van der Waals surface area contributed by atoms with Gasteiger partial charge in [-0.2, -0.15) is 0 Å². The summed E-state index contributed by atoms with van der Waals surface area (Å²) in [5.41, 5.74) is 2.86. The van der Waals surface area contributed by atoms with Crippen molar-refractivity contribution in [2.75, 3.05) is 36.5 Å². The normalized spacial score (nSPS) is 19.6. The molecule has 1 N–H and O–H groups in total. The van der Waals surface area contributed by atoms with Crippen LogP contribution in [0.3, 0.4) is 0 Å². The minimum absolute atomic E-state index is 0.0757. The number of benzene rings is 1. The van der Waals surface area contributed by atoms with Crippen LogP contribution < -0.4 is 10.2 Å². The van der Waals surface area contributed by atoms with Crippen LogP contribution in [-0.2, 0) is 17.6 Å². The summed E-state index contributed by atoms with van der Waals surface area (Å²) in [7, 11) is 0. The first-order valence-electron chi connectivity index (χ1n) is 9.96. The third kappa shape index (κ3) is 4.17. The van der Waals surface area contributed by atoms with Crippen LogP contribution in [0.4, 0.5) is 10.8 Å². The van der Waals surface area contributed by atoms with Gasteiger partial charge in [-0.15, -0.1) is 11.3 Å². The highest BCUT2D eigenvalue weighted by Crippen LogP contribution is 2.34. The summed E-state index contributed by atoms with van der Waals surface area (Å²) in [6.07, 6.45) is 5.89. The van der Waals surface area contributed by atoms with E-state index < -0.39 is 0 Å². The van der Waals surface area contributed by atoms with E-state index >= 15 is 0 Å². The number of amides is 1. The van der Waals surface area contributed by atoms with Crippen molar-refractivity contribution in [2.45, 2.75) is 39.0 Å². The molecule has 0 spiro atoms. The molecule has 0 bridgehead atoms. The summed E-state index contributed by atoms with van der Waals surface area (Å²) in [4.78, 5) is 21.2. The number of carbonyl (C=O) groups is 1. The molecule has 27 heavy (non-hydrogen) atoms. The maximum absolute atomic E-state index is 13.0. The number of fused-ring (bicyclic) bond motifs is 1. The van der Waals surface area contributed by atoms with Crippen molar-refractivity contribution in [2.24, 2.45) is 5.92 Å². The Hall–Kier alpha value is -1.92. The summed E-state index contributed by atoms with van der Waals surface area (Å²) in [5, 5.41) is 3.79. The van der Waals surface area contributed by atoms with Gasteiger partial charge in [0, 0.05) is 23.7 Å². The first kappa shape index (κ1) is 18.4. The third-order valence-corrected chi connectivity index (χ3v) is 6.49. The van der Waals surface area contributed by atoms with Crippen LogP contribution in [0, 0.1) is 5.92 Å². The van der Waals surface area contributed by atoms with Crippen LogP contribution in [0.15, 0.2) is 24.3 Å². The van der Waals surface area contributed by atoms with Crippen LogP contribution in [0.5, 0.6) is 0 Å². The van der Waals surface area contributed by atoms with Crippen LogP contribution >= 0.6 is 11.3 Å². The van der Waals surface area contributed by atoms with Crippen molar-refractivity contribution < 1.29 is 9.53 Å². The highest BCUT2D eigenvalue weighted by molar-refractivity contribution is 7.15. The Morgan fingerprint density at radius 2 is 2.15 bits per heavy atom. The average Bonchev–Trinajstić information content (AvgIpc) is 3.10. The summed E-state index contributed by atoms with van der Waals surface area (Å²) in [6, 6.07) is 7.81. The Morgan fingerprint density at radius 1 is 1.33 bits per heavy atom. The largest absolute Gasteiger partial charge is 0.378 e. The number of nitrogens with zero attached hydrogens (tertiary/aromatic N) is 2. The monoisotopic (exact) mass is 385 g/mol. The van der Waals surface area contributed by atoms with Gasteiger partial charge in [0.05, 0.1) is 24.5 Å². The number of hydrogen-bond acceptors (Lipinski definition) is 5. The van der Waals surface area contributed by atoms with E-state index in [4.69, 9.17) is 9.72 Å². The maximum atomic E-state index is 13.0. The van der Waals surface area contributed by atoms with Gasteiger partial charge in [-0.25, -0.2) is 4.98 Å². The first-order chi connectivity index (χ1) is 13.2. The lowest BCUT2D eigenvalue weighted by atomic mass is 9.88. The van der Waals surface area contributed by atoms with E-state index in [2.05, 4.69) is 17.1 Å². The van der Waals surface area contributed by atoms with E-state index in [1.54, 1.807) is 11.3 Å². The number of rotatable bonds is 5. The number of morpholine rings is 1. The predicted molar refractivity (Wildman–Crippen MR) is 110 cm³/mol.